The van der Waals surface area contributed by atoms with Gasteiger partial charge in [0.05, 0.1) is 6.04 Å². The zero-order chi connectivity index (χ0) is 13.9. The summed E-state index contributed by atoms with van der Waals surface area (Å²) in [6, 6.07) is 14.5. The molecule has 1 heterocycles. The molecule has 2 atom stereocenters. The first-order valence-electron chi connectivity index (χ1n) is 6.71. The zero-order valence-corrected chi connectivity index (χ0v) is 11.1. The molecule has 0 aliphatic carbocycles. The van der Waals surface area contributed by atoms with Crippen LogP contribution in [0.5, 0.6) is 5.75 Å². The molecule has 3 rings (SSSR count). The molecule has 0 saturated heterocycles. The number of fused-ring (bicyclic) bond motifs is 1. The van der Waals surface area contributed by atoms with E-state index in [-0.39, 0.29) is 18.0 Å². The molecule has 0 aromatic heterocycles. The number of nitrogens with one attached hydrogen (secondary N) is 1. The fraction of sp³-hybridized carbons (Fsp3) is 0.250. The van der Waals surface area contributed by atoms with Crippen LogP contribution in [0.2, 0.25) is 0 Å². The van der Waals surface area contributed by atoms with Crippen molar-refractivity contribution in [3.8, 4) is 5.75 Å². The quantitative estimate of drug-likeness (QED) is 0.662. The van der Waals surface area contributed by atoms with Gasteiger partial charge in [-0.3, -0.25) is 11.3 Å². The van der Waals surface area contributed by atoms with Crippen LogP contribution in [0.3, 0.4) is 0 Å². The summed E-state index contributed by atoms with van der Waals surface area (Å²) in [7, 11) is 0. The molecule has 2 aromatic carbocycles. The van der Waals surface area contributed by atoms with E-state index in [9.17, 15) is 4.39 Å². The Kier molecular flexibility index (Phi) is 3.67. The van der Waals surface area contributed by atoms with Gasteiger partial charge in [-0.15, -0.1) is 0 Å². The smallest absolute Gasteiger partial charge is 0.123 e. The van der Waals surface area contributed by atoms with Crippen molar-refractivity contribution in [3.05, 3.63) is 65.5 Å². The van der Waals surface area contributed by atoms with Crippen LogP contribution in [0.4, 0.5) is 4.39 Å². The highest BCUT2D eigenvalue weighted by atomic mass is 19.1. The Hall–Kier alpha value is -1.91. The van der Waals surface area contributed by atoms with Crippen LogP contribution in [0.25, 0.3) is 0 Å². The van der Waals surface area contributed by atoms with Gasteiger partial charge in [0.25, 0.3) is 0 Å². The molecule has 3 nitrogen and oxygen atoms in total. The van der Waals surface area contributed by atoms with Gasteiger partial charge in [0.15, 0.2) is 0 Å². The summed E-state index contributed by atoms with van der Waals surface area (Å²) in [5.41, 5.74) is 5.06. The van der Waals surface area contributed by atoms with Gasteiger partial charge in [-0.25, -0.2) is 4.39 Å². The molecule has 104 valence electrons. The van der Waals surface area contributed by atoms with Gasteiger partial charge in [-0.05, 0) is 35.7 Å². The van der Waals surface area contributed by atoms with Crippen LogP contribution in [0, 0.1) is 5.82 Å². The van der Waals surface area contributed by atoms with Crippen LogP contribution >= 0.6 is 0 Å². The Morgan fingerprint density at radius 3 is 2.65 bits per heavy atom. The second-order valence-corrected chi connectivity index (χ2v) is 5.07. The Morgan fingerprint density at radius 2 is 1.95 bits per heavy atom. The zero-order valence-electron chi connectivity index (χ0n) is 11.1. The number of rotatable bonds is 4. The first-order chi connectivity index (χ1) is 9.76. The predicted molar refractivity (Wildman–Crippen MR) is 75.8 cm³/mol. The molecule has 1 aliphatic heterocycles. The van der Waals surface area contributed by atoms with Gasteiger partial charge >= 0.3 is 0 Å². The maximum atomic E-state index is 12.9. The summed E-state index contributed by atoms with van der Waals surface area (Å²) < 4.78 is 18.9. The van der Waals surface area contributed by atoms with Crippen LogP contribution in [-0.2, 0) is 12.8 Å². The Labute approximate surface area is 117 Å². The molecule has 3 N–H and O–H groups in total. The van der Waals surface area contributed by atoms with Crippen molar-refractivity contribution >= 4 is 0 Å². The van der Waals surface area contributed by atoms with Gasteiger partial charge < -0.3 is 4.74 Å². The molecule has 2 aromatic rings. The summed E-state index contributed by atoms with van der Waals surface area (Å²) in [4.78, 5) is 0. The highest BCUT2D eigenvalue weighted by molar-refractivity contribution is 5.37. The molecule has 0 saturated carbocycles. The summed E-state index contributed by atoms with van der Waals surface area (Å²) in [5.74, 6) is 6.36. The van der Waals surface area contributed by atoms with E-state index in [1.807, 2.05) is 18.2 Å². The predicted octanol–water partition coefficient (Wildman–Crippen LogP) is 2.20. The van der Waals surface area contributed by atoms with Gasteiger partial charge in [0.2, 0.25) is 0 Å². The fourth-order valence-electron chi connectivity index (χ4n) is 2.61. The summed E-state index contributed by atoms with van der Waals surface area (Å²) in [5, 5.41) is 0. The standard InChI is InChI=1S/C16H17FN2O/c17-13-7-5-11(6-8-13)9-14(19-18)16-10-12-3-1-2-4-15(12)20-16/h1-8,14,16,19H,9-10,18H2. The first kappa shape index (κ1) is 13.1. The minimum absolute atomic E-state index is 0.00227. The normalized spacial score (nSPS) is 18.4. The topological polar surface area (TPSA) is 47.3 Å². The minimum atomic E-state index is -0.226. The fourth-order valence-corrected chi connectivity index (χ4v) is 2.61. The van der Waals surface area contributed by atoms with Crippen molar-refractivity contribution < 1.29 is 9.13 Å². The largest absolute Gasteiger partial charge is 0.488 e. The number of hydrogen-bond donors (Lipinski definition) is 2. The lowest BCUT2D eigenvalue weighted by Crippen LogP contribution is -2.47. The molecule has 2 unspecified atom stereocenters. The molecular weight excluding hydrogens is 255 g/mol. The average Bonchev–Trinajstić information content (AvgIpc) is 2.90. The number of halogens is 1. The Morgan fingerprint density at radius 1 is 1.20 bits per heavy atom. The van der Waals surface area contributed by atoms with Crippen LogP contribution in [0.15, 0.2) is 48.5 Å². The molecule has 0 amide bonds. The number of ether oxygens (including phenoxy) is 1. The Bertz CT molecular complexity index is 560. The minimum Gasteiger partial charge on any atom is -0.488 e. The van der Waals surface area contributed by atoms with E-state index in [2.05, 4.69) is 11.5 Å². The second-order valence-electron chi connectivity index (χ2n) is 5.07. The lowest BCUT2D eigenvalue weighted by atomic mass is 9.98. The number of hydrazine groups is 1. The molecule has 4 heteroatoms. The highest BCUT2D eigenvalue weighted by Gasteiger charge is 2.29. The molecule has 0 radical (unpaired) electrons. The van der Waals surface area contributed by atoms with E-state index < -0.39 is 0 Å². The van der Waals surface area contributed by atoms with Crippen molar-refractivity contribution in [2.75, 3.05) is 0 Å². The molecule has 1 aliphatic rings. The van der Waals surface area contributed by atoms with E-state index >= 15 is 0 Å². The van der Waals surface area contributed by atoms with Gasteiger partial charge in [-0.2, -0.15) is 0 Å². The monoisotopic (exact) mass is 272 g/mol. The van der Waals surface area contributed by atoms with Crippen LogP contribution in [-0.4, -0.2) is 12.1 Å². The van der Waals surface area contributed by atoms with Gasteiger partial charge in [0, 0.05) is 6.42 Å². The molecular formula is C16H17FN2O. The first-order valence-corrected chi connectivity index (χ1v) is 6.71. The van der Waals surface area contributed by atoms with Crippen LogP contribution < -0.4 is 16.0 Å². The number of nitrogens with two attached hydrogens (primary N) is 1. The SMILES string of the molecule is NNC(Cc1ccc(F)cc1)C1Cc2ccccc2O1. The van der Waals surface area contributed by atoms with E-state index in [0.717, 1.165) is 17.7 Å². The lowest BCUT2D eigenvalue weighted by molar-refractivity contribution is 0.177. The highest BCUT2D eigenvalue weighted by Crippen LogP contribution is 2.30. The summed E-state index contributed by atoms with van der Waals surface area (Å²) in [6.07, 6.45) is 1.55. The van der Waals surface area contributed by atoms with E-state index in [1.54, 1.807) is 12.1 Å². The van der Waals surface area contributed by atoms with E-state index in [0.29, 0.717) is 6.42 Å². The number of para-hydroxylation sites is 1. The molecule has 0 bridgehead atoms. The molecule has 0 spiro atoms. The summed E-state index contributed by atoms with van der Waals surface area (Å²) >= 11 is 0. The maximum Gasteiger partial charge on any atom is 0.123 e. The third-order valence-corrected chi connectivity index (χ3v) is 3.70. The molecule has 20 heavy (non-hydrogen) atoms. The van der Waals surface area contributed by atoms with Crippen molar-refractivity contribution in [1.82, 2.24) is 5.43 Å². The van der Waals surface area contributed by atoms with Crippen molar-refractivity contribution in [2.45, 2.75) is 25.0 Å². The second kappa shape index (κ2) is 5.61. The van der Waals surface area contributed by atoms with Gasteiger partial charge in [0.1, 0.15) is 17.7 Å². The Balaban J connectivity index is 1.71. The number of benzene rings is 2. The van der Waals surface area contributed by atoms with Crippen molar-refractivity contribution in [1.29, 1.82) is 0 Å². The average molecular weight is 272 g/mol. The summed E-state index contributed by atoms with van der Waals surface area (Å²) in [6.45, 7) is 0. The third-order valence-electron chi connectivity index (χ3n) is 3.70. The van der Waals surface area contributed by atoms with E-state index in [1.165, 1.54) is 17.7 Å². The number of hydrogen-bond acceptors (Lipinski definition) is 3. The van der Waals surface area contributed by atoms with Crippen molar-refractivity contribution in [2.24, 2.45) is 5.84 Å². The van der Waals surface area contributed by atoms with Crippen LogP contribution in [0.1, 0.15) is 11.1 Å². The van der Waals surface area contributed by atoms with E-state index in [4.69, 9.17) is 10.6 Å². The van der Waals surface area contributed by atoms with Crippen molar-refractivity contribution in [3.63, 3.8) is 0 Å². The maximum absolute atomic E-state index is 12.9. The van der Waals surface area contributed by atoms with Gasteiger partial charge in [-0.1, -0.05) is 30.3 Å². The molecule has 0 fully saturated rings. The third kappa shape index (κ3) is 2.66. The lowest BCUT2D eigenvalue weighted by Gasteiger charge is -2.22.